The van der Waals surface area contributed by atoms with Crippen LogP contribution in [0.3, 0.4) is 0 Å². The highest BCUT2D eigenvalue weighted by Crippen LogP contribution is 2.23. The van der Waals surface area contributed by atoms with Crippen LogP contribution in [0.25, 0.3) is 0 Å². The second kappa shape index (κ2) is 9.44. The molecule has 0 heterocycles. The number of amides is 2. The van der Waals surface area contributed by atoms with E-state index in [9.17, 15) is 9.59 Å². The van der Waals surface area contributed by atoms with Gasteiger partial charge in [-0.1, -0.05) is 35.9 Å². The molecule has 0 fully saturated rings. The standard InChI is InChI=1S/C22H19ClN2O2S/c1-15-5-2-3-8-20(15)22(27)25-18-6-4-7-19(13-18)28-14-21(26)24-17-11-9-16(23)10-12-17/h2-13H,14H2,1H3,(H,24,26)(H,25,27). The Morgan fingerprint density at radius 2 is 1.64 bits per heavy atom. The summed E-state index contributed by atoms with van der Waals surface area (Å²) in [6.07, 6.45) is 0. The van der Waals surface area contributed by atoms with Crippen molar-refractivity contribution in [2.24, 2.45) is 0 Å². The van der Waals surface area contributed by atoms with E-state index < -0.39 is 0 Å². The SMILES string of the molecule is Cc1ccccc1C(=O)Nc1cccc(SCC(=O)Nc2ccc(Cl)cc2)c1. The van der Waals surface area contributed by atoms with Crippen molar-refractivity contribution >= 4 is 46.6 Å². The second-order valence-electron chi connectivity index (χ2n) is 6.14. The summed E-state index contributed by atoms with van der Waals surface area (Å²) in [5, 5.41) is 6.35. The number of carbonyl (C=O) groups is 2. The van der Waals surface area contributed by atoms with Crippen LogP contribution in [0.1, 0.15) is 15.9 Å². The number of aryl methyl sites for hydroxylation is 1. The molecule has 2 amide bonds. The molecule has 0 aliphatic heterocycles. The zero-order valence-corrected chi connectivity index (χ0v) is 16.8. The molecule has 0 bridgehead atoms. The van der Waals surface area contributed by atoms with Crippen molar-refractivity contribution in [3.8, 4) is 0 Å². The third-order valence-electron chi connectivity index (χ3n) is 3.98. The van der Waals surface area contributed by atoms with E-state index in [1.165, 1.54) is 11.8 Å². The Hall–Kier alpha value is -2.76. The normalized spacial score (nSPS) is 10.4. The summed E-state index contributed by atoms with van der Waals surface area (Å²) in [6, 6.07) is 21.9. The van der Waals surface area contributed by atoms with Gasteiger partial charge in [0.05, 0.1) is 5.75 Å². The molecule has 3 aromatic rings. The third kappa shape index (κ3) is 5.62. The third-order valence-corrected chi connectivity index (χ3v) is 5.23. The largest absolute Gasteiger partial charge is 0.325 e. The summed E-state index contributed by atoms with van der Waals surface area (Å²) in [7, 11) is 0. The van der Waals surface area contributed by atoms with Gasteiger partial charge in [0.25, 0.3) is 5.91 Å². The number of hydrogen-bond acceptors (Lipinski definition) is 3. The monoisotopic (exact) mass is 410 g/mol. The zero-order valence-electron chi connectivity index (χ0n) is 15.2. The molecule has 3 aromatic carbocycles. The Balaban J connectivity index is 1.57. The lowest BCUT2D eigenvalue weighted by Crippen LogP contribution is -2.14. The first-order valence-corrected chi connectivity index (χ1v) is 10.0. The van der Waals surface area contributed by atoms with Gasteiger partial charge in [0.1, 0.15) is 0 Å². The summed E-state index contributed by atoms with van der Waals surface area (Å²) in [5.74, 6) is 0.0000618. The Morgan fingerprint density at radius 1 is 0.893 bits per heavy atom. The maximum Gasteiger partial charge on any atom is 0.255 e. The van der Waals surface area contributed by atoms with E-state index >= 15 is 0 Å². The molecule has 0 radical (unpaired) electrons. The molecular weight excluding hydrogens is 392 g/mol. The molecule has 4 nitrogen and oxygen atoms in total. The van der Waals surface area contributed by atoms with Crippen molar-refractivity contribution in [2.45, 2.75) is 11.8 Å². The van der Waals surface area contributed by atoms with Gasteiger partial charge >= 0.3 is 0 Å². The van der Waals surface area contributed by atoms with Crippen molar-refractivity contribution in [3.63, 3.8) is 0 Å². The number of anilines is 2. The summed E-state index contributed by atoms with van der Waals surface area (Å²) in [6.45, 7) is 1.90. The highest BCUT2D eigenvalue weighted by atomic mass is 35.5. The molecule has 6 heteroatoms. The number of thioether (sulfide) groups is 1. The fourth-order valence-corrected chi connectivity index (χ4v) is 3.45. The van der Waals surface area contributed by atoms with Crippen molar-refractivity contribution in [3.05, 3.63) is 88.9 Å². The molecule has 0 aromatic heterocycles. The first kappa shape index (κ1) is 20.0. The molecule has 142 valence electrons. The topological polar surface area (TPSA) is 58.2 Å². The number of nitrogens with one attached hydrogen (secondary N) is 2. The van der Waals surface area contributed by atoms with Gasteiger partial charge in [-0.2, -0.15) is 0 Å². The van der Waals surface area contributed by atoms with E-state index in [-0.39, 0.29) is 17.6 Å². The van der Waals surface area contributed by atoms with Crippen molar-refractivity contribution in [1.29, 1.82) is 0 Å². The minimum Gasteiger partial charge on any atom is -0.325 e. The molecule has 0 spiro atoms. The quantitative estimate of drug-likeness (QED) is 0.517. The average molecular weight is 411 g/mol. The van der Waals surface area contributed by atoms with Crippen LogP contribution in [0.5, 0.6) is 0 Å². The Morgan fingerprint density at radius 3 is 2.39 bits per heavy atom. The lowest BCUT2D eigenvalue weighted by molar-refractivity contribution is -0.113. The van der Waals surface area contributed by atoms with Crippen LogP contribution in [0.15, 0.2) is 77.7 Å². The van der Waals surface area contributed by atoms with Crippen LogP contribution in [0.2, 0.25) is 5.02 Å². The van der Waals surface area contributed by atoms with Gasteiger partial charge in [-0.05, 0) is 61.0 Å². The fourth-order valence-electron chi connectivity index (χ4n) is 2.57. The van der Waals surface area contributed by atoms with Gasteiger partial charge < -0.3 is 10.6 Å². The van der Waals surface area contributed by atoms with Crippen LogP contribution in [-0.4, -0.2) is 17.6 Å². The molecule has 0 saturated carbocycles. The first-order chi connectivity index (χ1) is 13.5. The first-order valence-electron chi connectivity index (χ1n) is 8.66. The van der Waals surface area contributed by atoms with Gasteiger partial charge in [0.2, 0.25) is 5.91 Å². The van der Waals surface area contributed by atoms with Crippen molar-refractivity contribution in [1.82, 2.24) is 0 Å². The Labute approximate surface area is 173 Å². The molecule has 0 saturated heterocycles. The molecule has 0 atom stereocenters. The highest BCUT2D eigenvalue weighted by molar-refractivity contribution is 8.00. The molecule has 3 rings (SSSR count). The van der Waals surface area contributed by atoms with Crippen LogP contribution in [0, 0.1) is 6.92 Å². The maximum atomic E-state index is 12.4. The Bertz CT molecular complexity index is 990. The molecule has 0 aliphatic rings. The number of rotatable bonds is 6. The van der Waals surface area contributed by atoms with E-state index in [0.717, 1.165) is 10.5 Å². The van der Waals surface area contributed by atoms with Gasteiger partial charge in [-0.3, -0.25) is 9.59 Å². The fraction of sp³-hybridized carbons (Fsp3) is 0.0909. The van der Waals surface area contributed by atoms with Crippen LogP contribution in [-0.2, 0) is 4.79 Å². The molecule has 28 heavy (non-hydrogen) atoms. The predicted octanol–water partition coefficient (Wildman–Crippen LogP) is 5.63. The van der Waals surface area contributed by atoms with Crippen LogP contribution in [0.4, 0.5) is 11.4 Å². The van der Waals surface area contributed by atoms with Gasteiger partial charge in [0.15, 0.2) is 0 Å². The van der Waals surface area contributed by atoms with Gasteiger partial charge in [0, 0.05) is 26.9 Å². The van der Waals surface area contributed by atoms with Gasteiger partial charge in [-0.25, -0.2) is 0 Å². The summed E-state index contributed by atoms with van der Waals surface area (Å²) >= 11 is 7.24. The van der Waals surface area contributed by atoms with Gasteiger partial charge in [-0.15, -0.1) is 11.8 Å². The van der Waals surface area contributed by atoms with E-state index in [0.29, 0.717) is 22.0 Å². The number of halogens is 1. The van der Waals surface area contributed by atoms with E-state index in [1.807, 2.05) is 49.4 Å². The smallest absolute Gasteiger partial charge is 0.255 e. The Kier molecular flexibility index (Phi) is 6.74. The van der Waals surface area contributed by atoms with E-state index in [2.05, 4.69) is 10.6 Å². The second-order valence-corrected chi connectivity index (χ2v) is 7.63. The maximum absolute atomic E-state index is 12.4. The number of hydrogen-bond donors (Lipinski definition) is 2. The number of benzene rings is 3. The zero-order chi connectivity index (χ0) is 19.9. The van der Waals surface area contributed by atoms with Crippen molar-refractivity contribution < 1.29 is 9.59 Å². The summed E-state index contributed by atoms with van der Waals surface area (Å²) in [4.78, 5) is 25.5. The summed E-state index contributed by atoms with van der Waals surface area (Å²) in [5.41, 5.74) is 2.96. The molecule has 0 aliphatic carbocycles. The van der Waals surface area contributed by atoms with E-state index in [1.54, 1.807) is 30.3 Å². The number of carbonyl (C=O) groups excluding carboxylic acids is 2. The lowest BCUT2D eigenvalue weighted by Gasteiger charge is -2.09. The molecular formula is C22H19ClN2O2S. The predicted molar refractivity (Wildman–Crippen MR) is 116 cm³/mol. The molecule has 2 N–H and O–H groups in total. The minimum atomic E-state index is -0.152. The highest BCUT2D eigenvalue weighted by Gasteiger charge is 2.09. The molecule has 0 unspecified atom stereocenters. The van der Waals surface area contributed by atoms with Crippen LogP contribution >= 0.6 is 23.4 Å². The lowest BCUT2D eigenvalue weighted by atomic mass is 10.1. The van der Waals surface area contributed by atoms with Crippen LogP contribution < -0.4 is 10.6 Å². The average Bonchev–Trinajstić information content (AvgIpc) is 2.69. The van der Waals surface area contributed by atoms with E-state index in [4.69, 9.17) is 11.6 Å². The van der Waals surface area contributed by atoms with Crippen molar-refractivity contribution in [2.75, 3.05) is 16.4 Å². The summed E-state index contributed by atoms with van der Waals surface area (Å²) < 4.78 is 0. The minimum absolute atomic E-state index is 0.110.